The first kappa shape index (κ1) is 19.3. The summed E-state index contributed by atoms with van der Waals surface area (Å²) in [6, 6.07) is 19.5. The van der Waals surface area contributed by atoms with Crippen molar-refractivity contribution in [1.82, 2.24) is 10.3 Å². The molecule has 3 rings (SSSR count). The highest BCUT2D eigenvalue weighted by atomic mass is 19.1. The van der Waals surface area contributed by atoms with Crippen LogP contribution in [0.5, 0.6) is 5.88 Å². The van der Waals surface area contributed by atoms with E-state index >= 15 is 0 Å². The van der Waals surface area contributed by atoms with Crippen LogP contribution in [-0.4, -0.2) is 10.9 Å². The molecule has 0 unspecified atom stereocenters. The zero-order valence-electron chi connectivity index (χ0n) is 15.6. The number of carbonyl (C=O) groups is 1. The molecule has 0 aliphatic heterocycles. The molecular weight excluding hydrogens is 355 g/mol. The molecule has 3 aromatic rings. The van der Waals surface area contributed by atoms with Crippen molar-refractivity contribution < 1.29 is 13.9 Å². The van der Waals surface area contributed by atoms with Crippen LogP contribution in [0.15, 0.2) is 79.0 Å². The Hall–Kier alpha value is -3.47. The molecule has 1 amide bonds. The van der Waals surface area contributed by atoms with Crippen LogP contribution in [0.25, 0.3) is 5.57 Å². The monoisotopic (exact) mass is 376 g/mol. The lowest BCUT2D eigenvalue weighted by Gasteiger charge is -2.08. The van der Waals surface area contributed by atoms with E-state index in [1.165, 1.54) is 18.2 Å². The Balaban J connectivity index is 1.54. The van der Waals surface area contributed by atoms with Gasteiger partial charge in [-0.2, -0.15) is 0 Å². The molecule has 0 aliphatic rings. The van der Waals surface area contributed by atoms with Gasteiger partial charge >= 0.3 is 0 Å². The van der Waals surface area contributed by atoms with Gasteiger partial charge in [-0.3, -0.25) is 4.79 Å². The lowest BCUT2D eigenvalue weighted by atomic mass is 10.1. The molecule has 142 valence electrons. The summed E-state index contributed by atoms with van der Waals surface area (Å²) in [5.74, 6) is -0.0111. The molecule has 0 aliphatic carbocycles. The number of pyridine rings is 1. The highest BCUT2D eigenvalue weighted by Gasteiger charge is 2.04. The van der Waals surface area contributed by atoms with Crippen LogP contribution >= 0.6 is 0 Å². The maximum absolute atomic E-state index is 13.0. The van der Waals surface area contributed by atoms with E-state index in [9.17, 15) is 9.18 Å². The van der Waals surface area contributed by atoms with Crippen LogP contribution in [0, 0.1) is 5.82 Å². The predicted molar refractivity (Wildman–Crippen MR) is 107 cm³/mol. The van der Waals surface area contributed by atoms with Crippen LogP contribution < -0.4 is 10.1 Å². The lowest BCUT2D eigenvalue weighted by molar-refractivity contribution is -0.116. The fourth-order valence-electron chi connectivity index (χ4n) is 2.60. The van der Waals surface area contributed by atoms with Crippen molar-refractivity contribution in [1.29, 1.82) is 0 Å². The quantitative estimate of drug-likeness (QED) is 0.617. The van der Waals surface area contributed by atoms with Crippen LogP contribution in [-0.2, 0) is 17.9 Å². The molecule has 5 heteroatoms. The number of benzene rings is 2. The Morgan fingerprint density at radius 3 is 2.57 bits per heavy atom. The summed E-state index contributed by atoms with van der Waals surface area (Å²) >= 11 is 0. The Labute approximate surface area is 163 Å². The van der Waals surface area contributed by atoms with Gasteiger partial charge in [0.15, 0.2) is 0 Å². The summed E-state index contributed by atoms with van der Waals surface area (Å²) in [7, 11) is 0. The zero-order valence-corrected chi connectivity index (χ0v) is 15.6. The van der Waals surface area contributed by atoms with E-state index in [2.05, 4.69) is 10.3 Å². The molecule has 0 spiro atoms. The number of amides is 1. The van der Waals surface area contributed by atoms with Crippen molar-refractivity contribution in [2.45, 2.75) is 20.1 Å². The molecule has 28 heavy (non-hydrogen) atoms. The molecular formula is C23H21FN2O2. The third-order valence-corrected chi connectivity index (χ3v) is 4.14. The Kier molecular flexibility index (Phi) is 6.52. The van der Waals surface area contributed by atoms with E-state index in [0.717, 1.165) is 22.3 Å². The highest BCUT2D eigenvalue weighted by molar-refractivity contribution is 5.94. The average molecular weight is 376 g/mol. The number of halogens is 1. The van der Waals surface area contributed by atoms with Crippen LogP contribution in [0.1, 0.15) is 23.6 Å². The van der Waals surface area contributed by atoms with E-state index in [0.29, 0.717) is 19.0 Å². The normalized spacial score (nSPS) is 11.1. The third-order valence-electron chi connectivity index (χ3n) is 4.14. The molecule has 0 bridgehead atoms. The number of hydrogen-bond donors (Lipinski definition) is 1. The first-order chi connectivity index (χ1) is 13.6. The number of carbonyl (C=O) groups excluding carboxylic acids is 1. The zero-order chi connectivity index (χ0) is 19.8. The molecule has 1 heterocycles. The minimum atomic E-state index is -0.302. The number of nitrogens with one attached hydrogen (secondary N) is 1. The van der Waals surface area contributed by atoms with Crippen molar-refractivity contribution in [3.8, 4) is 5.88 Å². The van der Waals surface area contributed by atoms with Crippen molar-refractivity contribution in [2.24, 2.45) is 0 Å². The van der Waals surface area contributed by atoms with Gasteiger partial charge in [0.1, 0.15) is 12.4 Å². The van der Waals surface area contributed by atoms with Crippen molar-refractivity contribution in [2.75, 3.05) is 0 Å². The largest absolute Gasteiger partial charge is 0.473 e. The SMILES string of the molecule is C/C(=C\C(=O)NCc1ccnc(OCc2ccccc2)c1)c1ccc(F)cc1. The van der Waals surface area contributed by atoms with Crippen molar-refractivity contribution >= 4 is 11.5 Å². The Bertz CT molecular complexity index is 954. The summed E-state index contributed by atoms with van der Waals surface area (Å²) < 4.78 is 18.7. The maximum Gasteiger partial charge on any atom is 0.244 e. The fourth-order valence-corrected chi connectivity index (χ4v) is 2.60. The Morgan fingerprint density at radius 1 is 1.07 bits per heavy atom. The topological polar surface area (TPSA) is 51.2 Å². The minimum Gasteiger partial charge on any atom is -0.473 e. The molecule has 0 saturated heterocycles. The van der Waals surface area contributed by atoms with Gasteiger partial charge in [-0.1, -0.05) is 42.5 Å². The molecule has 2 aromatic carbocycles. The van der Waals surface area contributed by atoms with Gasteiger partial charge in [-0.15, -0.1) is 0 Å². The van der Waals surface area contributed by atoms with Gasteiger partial charge in [0.2, 0.25) is 11.8 Å². The van der Waals surface area contributed by atoms with Gasteiger partial charge in [0.25, 0.3) is 0 Å². The molecule has 1 N–H and O–H groups in total. The smallest absolute Gasteiger partial charge is 0.244 e. The second kappa shape index (κ2) is 9.46. The van der Waals surface area contributed by atoms with Crippen molar-refractivity contribution in [3.63, 3.8) is 0 Å². The molecule has 0 atom stereocenters. The van der Waals surface area contributed by atoms with Gasteiger partial charge in [-0.05, 0) is 47.4 Å². The van der Waals surface area contributed by atoms with E-state index < -0.39 is 0 Å². The average Bonchev–Trinajstić information content (AvgIpc) is 2.72. The van der Waals surface area contributed by atoms with Gasteiger partial charge in [-0.25, -0.2) is 9.37 Å². The standard InChI is InChI=1S/C23H21FN2O2/c1-17(20-7-9-21(24)10-8-20)13-22(27)26-15-19-11-12-25-23(14-19)28-16-18-5-3-2-4-6-18/h2-14H,15-16H2,1H3,(H,26,27)/b17-13+. The summed E-state index contributed by atoms with van der Waals surface area (Å²) in [6.07, 6.45) is 3.16. The van der Waals surface area contributed by atoms with Crippen LogP contribution in [0.2, 0.25) is 0 Å². The van der Waals surface area contributed by atoms with Gasteiger partial charge in [0, 0.05) is 24.9 Å². The fraction of sp³-hybridized carbons (Fsp3) is 0.130. The molecule has 0 radical (unpaired) electrons. The Morgan fingerprint density at radius 2 is 1.82 bits per heavy atom. The second-order valence-corrected chi connectivity index (χ2v) is 6.33. The summed E-state index contributed by atoms with van der Waals surface area (Å²) in [5.41, 5.74) is 3.51. The predicted octanol–water partition coefficient (Wildman–Crippen LogP) is 4.52. The number of rotatable bonds is 7. The highest BCUT2D eigenvalue weighted by Crippen LogP contribution is 2.14. The second-order valence-electron chi connectivity index (χ2n) is 6.33. The number of aromatic nitrogens is 1. The third kappa shape index (κ3) is 5.77. The first-order valence-corrected chi connectivity index (χ1v) is 8.94. The van der Waals surface area contributed by atoms with Crippen LogP contribution in [0.3, 0.4) is 0 Å². The number of hydrogen-bond acceptors (Lipinski definition) is 3. The maximum atomic E-state index is 13.0. The van der Waals surface area contributed by atoms with Gasteiger partial charge < -0.3 is 10.1 Å². The van der Waals surface area contributed by atoms with E-state index in [1.54, 1.807) is 24.4 Å². The molecule has 0 fully saturated rings. The first-order valence-electron chi connectivity index (χ1n) is 8.94. The number of ether oxygens (including phenoxy) is 1. The summed E-state index contributed by atoms with van der Waals surface area (Å²) in [4.78, 5) is 16.4. The summed E-state index contributed by atoms with van der Waals surface area (Å²) in [6.45, 7) is 2.61. The van der Waals surface area contributed by atoms with Crippen LogP contribution in [0.4, 0.5) is 4.39 Å². The van der Waals surface area contributed by atoms with Crippen molar-refractivity contribution in [3.05, 3.63) is 102 Å². The number of allylic oxidation sites excluding steroid dienone is 1. The number of nitrogens with zero attached hydrogens (tertiary/aromatic N) is 1. The lowest BCUT2D eigenvalue weighted by Crippen LogP contribution is -2.20. The molecule has 4 nitrogen and oxygen atoms in total. The summed E-state index contributed by atoms with van der Waals surface area (Å²) in [5, 5.41) is 2.84. The molecule has 0 saturated carbocycles. The van der Waals surface area contributed by atoms with E-state index in [-0.39, 0.29) is 11.7 Å². The van der Waals surface area contributed by atoms with Gasteiger partial charge in [0.05, 0.1) is 0 Å². The minimum absolute atomic E-state index is 0.217. The molecule has 1 aromatic heterocycles. The van der Waals surface area contributed by atoms with E-state index in [1.807, 2.05) is 43.3 Å². The van der Waals surface area contributed by atoms with E-state index in [4.69, 9.17) is 4.74 Å².